The van der Waals surface area contributed by atoms with Crippen LogP contribution in [0.2, 0.25) is 0 Å². The lowest BCUT2D eigenvalue weighted by molar-refractivity contribution is -0.117. The Hall–Kier alpha value is -1.88. The fourth-order valence-electron chi connectivity index (χ4n) is 3.34. The summed E-state index contributed by atoms with van der Waals surface area (Å²) in [6, 6.07) is 7.23. The van der Waals surface area contributed by atoms with Gasteiger partial charge in [-0.2, -0.15) is 0 Å². The molecule has 2 aliphatic heterocycles. The molecule has 0 aliphatic carbocycles. The second kappa shape index (κ2) is 5.34. The fraction of sp³-hybridized carbons (Fsp3) is 0.556. The van der Waals surface area contributed by atoms with Crippen molar-refractivity contribution in [3.05, 3.63) is 29.8 Å². The molecule has 2 aliphatic rings. The normalized spacial score (nSPS) is 26.9. The molecule has 0 radical (unpaired) electrons. The van der Waals surface area contributed by atoms with Crippen molar-refractivity contribution in [1.29, 1.82) is 0 Å². The SMILES string of the molecule is CC1(C)CN(C(=O)c2cccc(N3CCCC3=O)c2)CC1(C)O. The van der Waals surface area contributed by atoms with Crippen LogP contribution in [0.15, 0.2) is 24.3 Å². The van der Waals surface area contributed by atoms with E-state index in [2.05, 4.69) is 0 Å². The first-order chi connectivity index (χ1) is 10.7. The van der Waals surface area contributed by atoms with E-state index < -0.39 is 5.60 Å². The van der Waals surface area contributed by atoms with Gasteiger partial charge in [0.15, 0.2) is 0 Å². The van der Waals surface area contributed by atoms with E-state index in [0.717, 1.165) is 12.1 Å². The lowest BCUT2D eigenvalue weighted by Crippen LogP contribution is -2.40. The molecule has 1 aromatic rings. The van der Waals surface area contributed by atoms with Crippen LogP contribution < -0.4 is 4.90 Å². The molecule has 1 N–H and O–H groups in total. The average Bonchev–Trinajstić information content (AvgIpc) is 2.99. The number of amides is 2. The number of hydrogen-bond donors (Lipinski definition) is 1. The topological polar surface area (TPSA) is 60.9 Å². The highest BCUT2D eigenvalue weighted by Gasteiger charge is 2.49. The van der Waals surface area contributed by atoms with Crippen LogP contribution >= 0.6 is 0 Å². The number of benzene rings is 1. The van der Waals surface area contributed by atoms with Gasteiger partial charge in [-0.3, -0.25) is 9.59 Å². The molecule has 0 bridgehead atoms. The van der Waals surface area contributed by atoms with Crippen molar-refractivity contribution in [1.82, 2.24) is 4.90 Å². The highest BCUT2D eigenvalue weighted by Crippen LogP contribution is 2.39. The molecule has 3 rings (SSSR count). The Labute approximate surface area is 136 Å². The minimum Gasteiger partial charge on any atom is -0.388 e. The van der Waals surface area contributed by atoms with Gasteiger partial charge in [-0.25, -0.2) is 0 Å². The summed E-state index contributed by atoms with van der Waals surface area (Å²) in [4.78, 5) is 28.1. The maximum atomic E-state index is 12.8. The Morgan fingerprint density at radius 1 is 1.22 bits per heavy atom. The van der Waals surface area contributed by atoms with Crippen LogP contribution in [-0.4, -0.2) is 47.1 Å². The Morgan fingerprint density at radius 2 is 1.96 bits per heavy atom. The van der Waals surface area contributed by atoms with Gasteiger partial charge in [0, 0.05) is 36.2 Å². The second-order valence-electron chi connectivity index (χ2n) is 7.52. The third kappa shape index (κ3) is 2.74. The van der Waals surface area contributed by atoms with Crippen molar-refractivity contribution < 1.29 is 14.7 Å². The summed E-state index contributed by atoms with van der Waals surface area (Å²) < 4.78 is 0. The van der Waals surface area contributed by atoms with Crippen molar-refractivity contribution in [3.63, 3.8) is 0 Å². The van der Waals surface area contributed by atoms with Crippen LogP contribution in [0.4, 0.5) is 5.69 Å². The molecular formula is C18H24N2O3. The molecule has 0 saturated carbocycles. The molecule has 0 spiro atoms. The van der Waals surface area contributed by atoms with Crippen LogP contribution in [-0.2, 0) is 4.79 Å². The lowest BCUT2D eigenvalue weighted by Gasteiger charge is -2.30. The number of β-amino-alcohol motifs (C(OH)–C–C–N with tert-alkyl or cyclic N) is 1. The third-order valence-electron chi connectivity index (χ3n) is 5.31. The minimum absolute atomic E-state index is 0.0932. The van der Waals surface area contributed by atoms with Crippen molar-refractivity contribution >= 4 is 17.5 Å². The molecule has 5 heteroatoms. The summed E-state index contributed by atoms with van der Waals surface area (Å²) in [7, 11) is 0. The smallest absolute Gasteiger partial charge is 0.254 e. The van der Waals surface area contributed by atoms with E-state index in [-0.39, 0.29) is 17.2 Å². The summed E-state index contributed by atoms with van der Waals surface area (Å²) in [5.74, 6) is 0.0178. The number of rotatable bonds is 2. The van der Waals surface area contributed by atoms with Gasteiger partial charge < -0.3 is 14.9 Å². The molecule has 2 heterocycles. The standard InChI is InChI=1S/C18H24N2O3/c1-17(2)11-19(12-18(17,3)23)16(22)13-6-4-7-14(10-13)20-9-5-8-15(20)21/h4,6-7,10,23H,5,8-9,11-12H2,1-3H3. The van der Waals surface area contributed by atoms with Gasteiger partial charge in [0.1, 0.15) is 0 Å². The van der Waals surface area contributed by atoms with E-state index in [4.69, 9.17) is 0 Å². The van der Waals surface area contributed by atoms with Gasteiger partial charge in [0.25, 0.3) is 5.91 Å². The van der Waals surface area contributed by atoms with Gasteiger partial charge in [0.2, 0.25) is 5.91 Å². The van der Waals surface area contributed by atoms with Crippen LogP contribution in [0.1, 0.15) is 44.0 Å². The van der Waals surface area contributed by atoms with E-state index >= 15 is 0 Å². The Kier molecular flexibility index (Phi) is 3.71. The van der Waals surface area contributed by atoms with Gasteiger partial charge in [-0.15, -0.1) is 0 Å². The second-order valence-corrected chi connectivity index (χ2v) is 7.52. The molecular weight excluding hydrogens is 292 g/mol. The Morgan fingerprint density at radius 3 is 2.52 bits per heavy atom. The predicted molar refractivity (Wildman–Crippen MR) is 88.3 cm³/mol. The average molecular weight is 316 g/mol. The zero-order valence-electron chi connectivity index (χ0n) is 14.0. The quantitative estimate of drug-likeness (QED) is 0.908. The summed E-state index contributed by atoms with van der Waals surface area (Å²) in [5.41, 5.74) is 0.107. The number of anilines is 1. The first kappa shape index (κ1) is 16.0. The van der Waals surface area contributed by atoms with Crippen LogP contribution in [0, 0.1) is 5.41 Å². The van der Waals surface area contributed by atoms with Gasteiger partial charge in [-0.1, -0.05) is 19.9 Å². The molecule has 2 amide bonds. The summed E-state index contributed by atoms with van der Waals surface area (Å²) in [5, 5.41) is 10.5. The Bertz CT molecular complexity index is 635. The molecule has 1 unspecified atom stereocenters. The summed E-state index contributed by atoms with van der Waals surface area (Å²) in [6.45, 7) is 7.28. The first-order valence-corrected chi connectivity index (χ1v) is 8.13. The monoisotopic (exact) mass is 316 g/mol. The van der Waals surface area contributed by atoms with Gasteiger partial charge >= 0.3 is 0 Å². The van der Waals surface area contributed by atoms with Gasteiger partial charge in [0.05, 0.1) is 12.1 Å². The molecule has 5 nitrogen and oxygen atoms in total. The van der Waals surface area contributed by atoms with Crippen molar-refractivity contribution in [2.75, 3.05) is 24.5 Å². The highest BCUT2D eigenvalue weighted by atomic mass is 16.3. The number of nitrogens with zero attached hydrogens (tertiary/aromatic N) is 2. The first-order valence-electron chi connectivity index (χ1n) is 8.13. The predicted octanol–water partition coefficient (Wildman–Crippen LogP) is 2.05. The summed E-state index contributed by atoms with van der Waals surface area (Å²) >= 11 is 0. The molecule has 1 atom stereocenters. The molecule has 124 valence electrons. The van der Waals surface area contributed by atoms with Crippen LogP contribution in [0.3, 0.4) is 0 Å². The highest BCUT2D eigenvalue weighted by molar-refractivity contribution is 5.99. The van der Waals surface area contributed by atoms with Crippen LogP contribution in [0.25, 0.3) is 0 Å². The maximum absolute atomic E-state index is 12.8. The minimum atomic E-state index is -0.898. The van der Waals surface area contributed by atoms with E-state index in [0.29, 0.717) is 31.6 Å². The number of likely N-dealkylation sites (tertiary alicyclic amines) is 1. The lowest BCUT2D eigenvalue weighted by atomic mass is 9.79. The Balaban J connectivity index is 1.83. The number of carbonyl (C=O) groups excluding carboxylic acids is 2. The van der Waals surface area contributed by atoms with E-state index in [1.54, 1.807) is 28.9 Å². The number of hydrogen-bond acceptors (Lipinski definition) is 3. The molecule has 1 aromatic carbocycles. The van der Waals surface area contributed by atoms with E-state index in [9.17, 15) is 14.7 Å². The molecule has 2 fully saturated rings. The van der Waals surface area contributed by atoms with Crippen molar-refractivity contribution in [2.45, 2.75) is 39.2 Å². The van der Waals surface area contributed by atoms with E-state index in [1.165, 1.54) is 0 Å². The zero-order valence-corrected chi connectivity index (χ0v) is 14.0. The molecule has 23 heavy (non-hydrogen) atoms. The third-order valence-corrected chi connectivity index (χ3v) is 5.31. The molecule has 2 saturated heterocycles. The van der Waals surface area contributed by atoms with Crippen molar-refractivity contribution in [2.24, 2.45) is 5.41 Å². The van der Waals surface area contributed by atoms with Gasteiger partial charge in [-0.05, 0) is 31.5 Å². The van der Waals surface area contributed by atoms with E-state index in [1.807, 2.05) is 26.0 Å². The number of aliphatic hydroxyl groups is 1. The zero-order chi connectivity index (χ0) is 16.8. The largest absolute Gasteiger partial charge is 0.388 e. The van der Waals surface area contributed by atoms with Crippen LogP contribution in [0.5, 0.6) is 0 Å². The number of carbonyl (C=O) groups is 2. The summed E-state index contributed by atoms with van der Waals surface area (Å²) in [6.07, 6.45) is 1.43. The van der Waals surface area contributed by atoms with Crippen molar-refractivity contribution in [3.8, 4) is 0 Å². The maximum Gasteiger partial charge on any atom is 0.254 e. The fourth-order valence-corrected chi connectivity index (χ4v) is 3.34. The molecule has 0 aromatic heterocycles.